The molecule has 0 saturated carbocycles. The van der Waals surface area contributed by atoms with Crippen LogP contribution in [0.15, 0.2) is 72.8 Å². The molecule has 320 valence electrons. The minimum atomic E-state index is -0.364. The largest absolute Gasteiger partial charge is 0.388 e. The first kappa shape index (κ1) is 44.8. The fraction of sp³-hybridized carbons (Fsp3) is 0.447. The molecular weight excluding hydrogens is 779 g/mol. The van der Waals surface area contributed by atoms with Crippen LogP contribution in [0.3, 0.4) is 0 Å². The van der Waals surface area contributed by atoms with Crippen LogP contribution in [-0.4, -0.2) is 126 Å². The Morgan fingerprint density at radius 2 is 1.48 bits per heavy atom. The first-order chi connectivity index (χ1) is 29.2. The smallest absolute Gasteiger partial charge is 0.258 e. The Balaban J connectivity index is 0.00000195. The standard InChI is InChI=1S/C45H53N5O6S.C2H6O/c1-48(20-21-49-22-26-56-27-23-49)45(54)37-7-3-6-36(28-37)42(52)47-44-41(39-16-19-50(30-40(39)57-44)29-34-17-24-55-25-18-34)43(53)46-38-14-12-33(13-15-38)5-2-4-32-8-10-35(31-51)11-9-32;1-3-2/h3,6-15,28,31,34H,2,4-5,16-27,29-30H2,1H3,(H,46,53)(H,47,52);1-2H3. The van der Waals surface area contributed by atoms with Gasteiger partial charge < -0.3 is 29.7 Å². The van der Waals surface area contributed by atoms with Crippen LogP contribution in [0.4, 0.5) is 10.7 Å². The number of likely N-dealkylation sites (N-methyl/N-ethyl adjacent to an activating group) is 1. The highest BCUT2D eigenvalue weighted by molar-refractivity contribution is 7.17. The normalized spacial score (nSPS) is 15.9. The van der Waals surface area contributed by atoms with Crippen LogP contribution < -0.4 is 10.6 Å². The number of methoxy groups -OCH3 is 1. The molecule has 3 aromatic carbocycles. The van der Waals surface area contributed by atoms with Crippen molar-refractivity contribution in [1.82, 2.24) is 14.7 Å². The third-order valence-corrected chi connectivity index (χ3v) is 12.4. The van der Waals surface area contributed by atoms with Crippen molar-refractivity contribution < 1.29 is 33.4 Å². The minimum Gasteiger partial charge on any atom is -0.388 e. The number of fused-ring (bicyclic) bond motifs is 1. The van der Waals surface area contributed by atoms with E-state index in [0.717, 1.165) is 101 Å². The molecule has 7 rings (SSSR count). The number of aldehydes is 1. The zero-order chi connectivity index (χ0) is 42.3. The van der Waals surface area contributed by atoms with Crippen molar-refractivity contribution in [3.8, 4) is 0 Å². The van der Waals surface area contributed by atoms with Gasteiger partial charge in [-0.2, -0.15) is 0 Å². The van der Waals surface area contributed by atoms with Gasteiger partial charge in [-0.25, -0.2) is 0 Å². The van der Waals surface area contributed by atoms with Gasteiger partial charge in [-0.05, 0) is 91.5 Å². The van der Waals surface area contributed by atoms with E-state index in [2.05, 4.69) is 25.2 Å². The van der Waals surface area contributed by atoms with Gasteiger partial charge in [0.15, 0.2) is 0 Å². The second-order valence-corrected chi connectivity index (χ2v) is 16.8. The van der Waals surface area contributed by atoms with Crippen molar-refractivity contribution >= 4 is 46.0 Å². The highest BCUT2D eigenvalue weighted by Gasteiger charge is 2.30. The van der Waals surface area contributed by atoms with Crippen LogP contribution in [0.2, 0.25) is 0 Å². The average Bonchev–Trinajstić information content (AvgIpc) is 3.64. The van der Waals surface area contributed by atoms with Crippen LogP contribution >= 0.6 is 11.3 Å². The van der Waals surface area contributed by atoms with E-state index in [9.17, 15) is 19.2 Å². The molecule has 4 heterocycles. The van der Waals surface area contributed by atoms with E-state index in [1.165, 1.54) is 22.5 Å². The number of hydrogen-bond donors (Lipinski definition) is 2. The number of nitrogens with zero attached hydrogens (tertiary/aromatic N) is 3. The van der Waals surface area contributed by atoms with Gasteiger partial charge in [-0.15, -0.1) is 11.3 Å². The van der Waals surface area contributed by atoms with Crippen molar-refractivity contribution in [2.24, 2.45) is 5.92 Å². The van der Waals surface area contributed by atoms with Crippen LogP contribution in [0.1, 0.15) is 82.3 Å². The third-order valence-electron chi connectivity index (χ3n) is 11.3. The molecule has 4 aromatic rings. The van der Waals surface area contributed by atoms with Crippen molar-refractivity contribution in [3.63, 3.8) is 0 Å². The summed E-state index contributed by atoms with van der Waals surface area (Å²) in [5.41, 5.74) is 6.03. The average molecular weight is 838 g/mol. The summed E-state index contributed by atoms with van der Waals surface area (Å²) >= 11 is 1.47. The molecule has 0 aliphatic carbocycles. The van der Waals surface area contributed by atoms with Crippen LogP contribution in [0.5, 0.6) is 0 Å². The summed E-state index contributed by atoms with van der Waals surface area (Å²) in [6.45, 7) is 8.62. The lowest BCUT2D eigenvalue weighted by Gasteiger charge is -2.32. The zero-order valence-corrected chi connectivity index (χ0v) is 36.0. The maximum absolute atomic E-state index is 14.2. The molecule has 1 aromatic heterocycles. The Labute approximate surface area is 358 Å². The van der Waals surface area contributed by atoms with Gasteiger partial charge >= 0.3 is 0 Å². The van der Waals surface area contributed by atoms with Crippen molar-refractivity contribution in [1.29, 1.82) is 0 Å². The van der Waals surface area contributed by atoms with Gasteiger partial charge in [-0.1, -0.05) is 42.5 Å². The Morgan fingerprint density at radius 1 is 0.833 bits per heavy atom. The molecule has 3 aliphatic heterocycles. The topological polar surface area (TPSA) is 130 Å². The summed E-state index contributed by atoms with van der Waals surface area (Å²) < 4.78 is 15.3. The molecule has 12 nitrogen and oxygen atoms in total. The van der Waals surface area contributed by atoms with Gasteiger partial charge in [0.2, 0.25) is 0 Å². The van der Waals surface area contributed by atoms with Gasteiger partial charge in [0.1, 0.15) is 11.3 Å². The number of thiophene rings is 1. The van der Waals surface area contributed by atoms with Crippen molar-refractivity contribution in [3.05, 3.63) is 117 Å². The Bertz CT molecular complexity index is 2020. The van der Waals surface area contributed by atoms with E-state index >= 15 is 0 Å². The first-order valence-electron chi connectivity index (χ1n) is 21.0. The number of morpholine rings is 1. The second-order valence-electron chi connectivity index (χ2n) is 15.7. The summed E-state index contributed by atoms with van der Waals surface area (Å²) in [6, 6.07) is 22.4. The number of rotatable bonds is 15. The zero-order valence-electron chi connectivity index (χ0n) is 35.2. The summed E-state index contributed by atoms with van der Waals surface area (Å²) in [4.78, 5) is 60.0. The maximum Gasteiger partial charge on any atom is 0.258 e. The van der Waals surface area contributed by atoms with Gasteiger partial charge in [0.25, 0.3) is 17.7 Å². The Hall–Kier alpha value is -4.76. The molecule has 0 bridgehead atoms. The van der Waals surface area contributed by atoms with E-state index in [0.29, 0.717) is 65.0 Å². The summed E-state index contributed by atoms with van der Waals surface area (Å²) in [5, 5.41) is 6.72. The predicted molar refractivity (Wildman–Crippen MR) is 237 cm³/mol. The van der Waals surface area contributed by atoms with E-state index in [1.807, 2.05) is 48.5 Å². The summed E-state index contributed by atoms with van der Waals surface area (Å²) in [7, 11) is 5.04. The lowest BCUT2D eigenvalue weighted by molar-refractivity contribution is 0.0338. The lowest BCUT2D eigenvalue weighted by Crippen LogP contribution is -2.41. The SMILES string of the molecule is CN(CCN1CCOCC1)C(=O)c1cccc(C(=O)Nc2sc3c(c2C(=O)Nc2ccc(CCCc4ccc(C=O)cc4)cc2)CCN(CC2CCOCC2)C3)c1.COC. The monoisotopic (exact) mass is 837 g/mol. The first-order valence-corrected chi connectivity index (χ1v) is 21.8. The van der Waals surface area contributed by atoms with Gasteiger partial charge in [-0.3, -0.25) is 29.0 Å². The number of anilines is 2. The van der Waals surface area contributed by atoms with Gasteiger partial charge in [0, 0.05) is 108 Å². The molecule has 3 aliphatic rings. The molecule has 3 amide bonds. The third kappa shape index (κ3) is 12.6. The van der Waals surface area contributed by atoms with Crippen LogP contribution in [0.25, 0.3) is 0 Å². The molecule has 2 fully saturated rings. The lowest BCUT2D eigenvalue weighted by atomic mass is 9.97. The number of carbonyl (C=O) groups excluding carboxylic acids is 4. The molecule has 0 atom stereocenters. The number of nitrogens with one attached hydrogen (secondary N) is 2. The molecular formula is C47H59N5O7S. The number of amides is 3. The van der Waals surface area contributed by atoms with E-state index in [4.69, 9.17) is 9.47 Å². The van der Waals surface area contributed by atoms with Crippen molar-refractivity contribution in [2.75, 3.05) is 97.6 Å². The van der Waals surface area contributed by atoms with E-state index in [-0.39, 0.29) is 17.7 Å². The Kier molecular flexibility index (Phi) is 17.0. The van der Waals surface area contributed by atoms with E-state index < -0.39 is 0 Å². The summed E-state index contributed by atoms with van der Waals surface area (Å²) in [6.07, 6.45) is 6.45. The number of ether oxygens (including phenoxy) is 3. The number of carbonyl (C=O) groups is 4. The minimum absolute atomic E-state index is 0.148. The highest BCUT2D eigenvalue weighted by Crippen LogP contribution is 2.38. The second kappa shape index (κ2) is 22.7. The molecule has 0 unspecified atom stereocenters. The van der Waals surface area contributed by atoms with Crippen LogP contribution in [-0.2, 0) is 40.0 Å². The fourth-order valence-electron chi connectivity index (χ4n) is 7.85. The molecule has 0 spiro atoms. The molecule has 0 radical (unpaired) electrons. The number of hydrogen-bond acceptors (Lipinski definition) is 10. The molecule has 2 saturated heterocycles. The predicted octanol–water partition coefficient (Wildman–Crippen LogP) is 6.69. The number of aryl methyl sites for hydroxylation is 2. The van der Waals surface area contributed by atoms with Crippen LogP contribution in [0, 0.1) is 5.92 Å². The molecule has 60 heavy (non-hydrogen) atoms. The summed E-state index contributed by atoms with van der Waals surface area (Å²) in [5.74, 6) is -0.173. The van der Waals surface area contributed by atoms with Crippen molar-refractivity contribution in [2.45, 2.75) is 45.1 Å². The number of benzene rings is 3. The maximum atomic E-state index is 14.2. The fourth-order valence-corrected chi connectivity index (χ4v) is 9.13. The Morgan fingerprint density at radius 3 is 2.17 bits per heavy atom. The van der Waals surface area contributed by atoms with E-state index in [1.54, 1.807) is 50.4 Å². The highest BCUT2D eigenvalue weighted by atomic mass is 32.1. The molecule has 2 N–H and O–H groups in total. The molecule has 13 heteroatoms. The quantitative estimate of drug-likeness (QED) is 0.126. The van der Waals surface area contributed by atoms with Gasteiger partial charge in [0.05, 0.1) is 18.8 Å².